The van der Waals surface area contributed by atoms with Crippen molar-refractivity contribution < 1.29 is 14.4 Å². The molecule has 0 radical (unpaired) electrons. The lowest BCUT2D eigenvalue weighted by molar-refractivity contribution is -0.385. The number of piperazine rings is 1. The predicted octanol–water partition coefficient (Wildman–Crippen LogP) is 5.10. The maximum Gasteiger partial charge on any atom is 0.373 e. The van der Waals surface area contributed by atoms with Crippen LogP contribution in [-0.2, 0) is 0 Å². The zero-order valence-electron chi connectivity index (χ0n) is 20.4. The van der Waals surface area contributed by atoms with Gasteiger partial charge in [-0.2, -0.15) is 4.98 Å². The zero-order chi connectivity index (χ0) is 25.6. The molecule has 1 saturated heterocycles. The molecule has 0 amide bonds. The first-order chi connectivity index (χ1) is 18.1. The van der Waals surface area contributed by atoms with Gasteiger partial charge in [-0.25, -0.2) is 4.98 Å². The number of ether oxygens (including phenoxy) is 2. The van der Waals surface area contributed by atoms with Gasteiger partial charge in [0.25, 0.3) is 0 Å². The lowest BCUT2D eigenvalue weighted by Crippen LogP contribution is -2.48. The average Bonchev–Trinajstić information content (AvgIpc) is 2.95. The Morgan fingerprint density at radius 3 is 1.92 bits per heavy atom. The van der Waals surface area contributed by atoms with Gasteiger partial charge in [0.2, 0.25) is 5.82 Å². The normalized spacial score (nSPS) is 13.9. The second-order valence-corrected chi connectivity index (χ2v) is 8.63. The van der Waals surface area contributed by atoms with Crippen molar-refractivity contribution in [2.45, 2.75) is 6.04 Å². The third-order valence-electron chi connectivity index (χ3n) is 6.44. The third-order valence-corrected chi connectivity index (χ3v) is 6.44. The maximum absolute atomic E-state index is 12.1. The number of nitrogens with zero attached hydrogens (tertiary/aromatic N) is 5. The Morgan fingerprint density at radius 2 is 1.38 bits per heavy atom. The van der Waals surface area contributed by atoms with E-state index in [9.17, 15) is 10.1 Å². The van der Waals surface area contributed by atoms with E-state index < -0.39 is 4.92 Å². The van der Waals surface area contributed by atoms with Crippen LogP contribution in [0.4, 0.5) is 11.5 Å². The van der Waals surface area contributed by atoms with E-state index in [0.717, 1.165) is 0 Å². The van der Waals surface area contributed by atoms with Gasteiger partial charge in [0.1, 0.15) is 17.8 Å². The fraction of sp³-hybridized carbons (Fsp3) is 0.214. The Labute approximate surface area is 215 Å². The molecule has 0 bridgehead atoms. The Morgan fingerprint density at radius 1 is 0.811 bits per heavy atom. The SMILES string of the molecule is COc1ccc(Oc2ncnc(N3CCN(C(c4ccccc4)c4ccccc4)CC3)c2[N+](=O)[O-])cc1. The van der Waals surface area contributed by atoms with Crippen LogP contribution in [0.3, 0.4) is 0 Å². The van der Waals surface area contributed by atoms with Crippen LogP contribution < -0.4 is 14.4 Å². The fourth-order valence-electron chi connectivity index (χ4n) is 4.65. The van der Waals surface area contributed by atoms with Crippen LogP contribution in [0, 0.1) is 10.1 Å². The van der Waals surface area contributed by atoms with Crippen LogP contribution >= 0.6 is 0 Å². The molecule has 0 unspecified atom stereocenters. The van der Waals surface area contributed by atoms with Gasteiger partial charge >= 0.3 is 11.6 Å². The lowest BCUT2D eigenvalue weighted by Gasteiger charge is -2.40. The van der Waals surface area contributed by atoms with Crippen molar-refractivity contribution in [1.29, 1.82) is 0 Å². The predicted molar refractivity (Wildman–Crippen MR) is 140 cm³/mol. The third kappa shape index (κ3) is 5.36. The van der Waals surface area contributed by atoms with E-state index in [4.69, 9.17) is 9.47 Å². The summed E-state index contributed by atoms with van der Waals surface area (Å²) in [7, 11) is 1.57. The quantitative estimate of drug-likeness (QED) is 0.245. The number of hydrogen-bond donors (Lipinski definition) is 0. The van der Waals surface area contributed by atoms with Gasteiger partial charge < -0.3 is 14.4 Å². The van der Waals surface area contributed by atoms with Crippen molar-refractivity contribution >= 4 is 11.5 Å². The van der Waals surface area contributed by atoms with E-state index in [-0.39, 0.29) is 23.4 Å². The van der Waals surface area contributed by atoms with Gasteiger partial charge in [0.15, 0.2) is 0 Å². The Kier molecular flexibility index (Phi) is 7.23. The number of aromatic nitrogens is 2. The lowest BCUT2D eigenvalue weighted by atomic mass is 9.96. The van der Waals surface area contributed by atoms with Crippen LogP contribution in [0.25, 0.3) is 0 Å². The molecule has 2 heterocycles. The topological polar surface area (TPSA) is 93.9 Å². The van der Waals surface area contributed by atoms with E-state index in [0.29, 0.717) is 37.7 Å². The van der Waals surface area contributed by atoms with Crippen LogP contribution in [0.2, 0.25) is 0 Å². The first-order valence-electron chi connectivity index (χ1n) is 12.0. The van der Waals surface area contributed by atoms with Crippen molar-refractivity contribution in [3.63, 3.8) is 0 Å². The molecule has 1 aliphatic rings. The highest BCUT2D eigenvalue weighted by Crippen LogP contribution is 2.37. The highest BCUT2D eigenvalue weighted by Gasteiger charge is 2.32. The van der Waals surface area contributed by atoms with Crippen LogP contribution in [0.5, 0.6) is 17.4 Å². The smallest absolute Gasteiger partial charge is 0.373 e. The summed E-state index contributed by atoms with van der Waals surface area (Å²) >= 11 is 0. The first kappa shape index (κ1) is 24.2. The zero-order valence-corrected chi connectivity index (χ0v) is 20.4. The number of rotatable bonds is 8. The molecule has 1 aliphatic heterocycles. The second kappa shape index (κ2) is 11.0. The molecule has 0 spiro atoms. The summed E-state index contributed by atoms with van der Waals surface area (Å²) in [5.74, 6) is 1.26. The van der Waals surface area contributed by atoms with Crippen molar-refractivity contribution in [1.82, 2.24) is 14.9 Å². The summed E-state index contributed by atoms with van der Waals surface area (Å²) in [6, 6.07) is 27.7. The molecule has 0 saturated carbocycles. The molecule has 37 heavy (non-hydrogen) atoms. The molecule has 9 heteroatoms. The summed E-state index contributed by atoms with van der Waals surface area (Å²) in [6.45, 7) is 2.58. The number of benzene rings is 3. The minimum absolute atomic E-state index is 0.0888. The van der Waals surface area contributed by atoms with Crippen LogP contribution in [0.15, 0.2) is 91.3 Å². The summed E-state index contributed by atoms with van der Waals surface area (Å²) in [5, 5.41) is 12.1. The molecule has 0 aliphatic carbocycles. The summed E-state index contributed by atoms with van der Waals surface area (Å²) in [5.41, 5.74) is 2.19. The van der Waals surface area contributed by atoms with Gasteiger partial charge in [-0.15, -0.1) is 0 Å². The van der Waals surface area contributed by atoms with Crippen LogP contribution in [0.1, 0.15) is 17.2 Å². The van der Waals surface area contributed by atoms with E-state index in [2.05, 4.69) is 63.4 Å². The first-order valence-corrected chi connectivity index (χ1v) is 12.0. The van der Waals surface area contributed by atoms with Crippen molar-refractivity contribution in [2.75, 3.05) is 38.2 Å². The Bertz CT molecular complexity index is 1290. The van der Waals surface area contributed by atoms with Crippen molar-refractivity contribution in [2.24, 2.45) is 0 Å². The monoisotopic (exact) mass is 497 g/mol. The van der Waals surface area contributed by atoms with Gasteiger partial charge in [-0.1, -0.05) is 60.7 Å². The summed E-state index contributed by atoms with van der Waals surface area (Å²) in [4.78, 5) is 24.3. The van der Waals surface area contributed by atoms with Gasteiger partial charge in [0, 0.05) is 26.2 Å². The van der Waals surface area contributed by atoms with Gasteiger partial charge in [-0.05, 0) is 35.4 Å². The number of nitro groups is 1. The molecule has 4 aromatic rings. The molecule has 0 N–H and O–H groups in total. The van der Waals surface area contributed by atoms with E-state index in [1.807, 2.05) is 17.0 Å². The largest absolute Gasteiger partial charge is 0.497 e. The van der Waals surface area contributed by atoms with Gasteiger partial charge in [0.05, 0.1) is 18.1 Å². The molecule has 1 fully saturated rings. The van der Waals surface area contributed by atoms with Crippen LogP contribution in [-0.4, -0.2) is 53.1 Å². The number of anilines is 1. The van der Waals surface area contributed by atoms with Crippen molar-refractivity contribution in [3.05, 3.63) is 112 Å². The second-order valence-electron chi connectivity index (χ2n) is 8.63. The molecular weight excluding hydrogens is 470 g/mol. The Hall–Kier alpha value is -4.50. The van der Waals surface area contributed by atoms with Gasteiger partial charge in [-0.3, -0.25) is 15.0 Å². The molecule has 9 nitrogen and oxygen atoms in total. The van der Waals surface area contributed by atoms with E-state index in [1.54, 1.807) is 31.4 Å². The highest BCUT2D eigenvalue weighted by molar-refractivity contribution is 5.63. The molecule has 0 atom stereocenters. The molecule has 3 aromatic carbocycles. The minimum atomic E-state index is -0.475. The summed E-state index contributed by atoms with van der Waals surface area (Å²) in [6.07, 6.45) is 1.31. The standard InChI is InChI=1S/C28H27N5O4/c1-36-23-12-14-24(15-13-23)37-28-26(33(34)35)27(29-20-30-28)32-18-16-31(17-19-32)25(21-8-4-2-5-9-21)22-10-6-3-7-11-22/h2-15,20,25H,16-19H2,1H3. The van der Waals surface area contributed by atoms with E-state index >= 15 is 0 Å². The highest BCUT2D eigenvalue weighted by atomic mass is 16.6. The number of methoxy groups -OCH3 is 1. The van der Waals surface area contributed by atoms with E-state index in [1.165, 1.54) is 17.5 Å². The molecule has 188 valence electrons. The molecule has 1 aromatic heterocycles. The molecular formula is C28H27N5O4. The average molecular weight is 498 g/mol. The Balaban J connectivity index is 1.37. The minimum Gasteiger partial charge on any atom is -0.497 e. The summed E-state index contributed by atoms with van der Waals surface area (Å²) < 4.78 is 11.0. The number of hydrogen-bond acceptors (Lipinski definition) is 8. The fourth-order valence-corrected chi connectivity index (χ4v) is 4.65. The van der Waals surface area contributed by atoms with Crippen molar-refractivity contribution in [3.8, 4) is 17.4 Å². The molecule has 5 rings (SSSR count). The maximum atomic E-state index is 12.1.